The van der Waals surface area contributed by atoms with Crippen LogP contribution in [0.1, 0.15) is 367 Å². The average Bonchev–Trinajstić information content (AvgIpc) is 3.47. The molecule has 11 nitrogen and oxygen atoms in total. The monoisotopic (exact) mass is 1140 g/mol. The van der Waals surface area contributed by atoms with Crippen LogP contribution in [0.2, 0.25) is 0 Å². The first kappa shape index (κ1) is 77.1. The van der Waals surface area contributed by atoms with Gasteiger partial charge in [-0.1, -0.05) is 354 Å². The number of carbonyl (C=O) groups excluding carboxylic acids is 1. The summed E-state index contributed by atoms with van der Waals surface area (Å²) in [5.74, 6) is -0.687. The lowest BCUT2D eigenvalue weighted by Crippen LogP contribution is -2.60. The molecule has 0 radical (unpaired) electrons. The van der Waals surface area contributed by atoms with E-state index < -0.39 is 74.2 Å². The molecule has 0 spiro atoms. The summed E-state index contributed by atoms with van der Waals surface area (Å²) < 4.78 is 11.2. The largest absolute Gasteiger partial charge is 0.394 e. The lowest BCUT2D eigenvalue weighted by atomic mass is 9.98. The third-order valence-electron chi connectivity index (χ3n) is 17.7. The molecule has 0 aliphatic carbocycles. The summed E-state index contributed by atoms with van der Waals surface area (Å²) in [4.78, 5) is 13.2. The smallest absolute Gasteiger partial charge is 0.249 e. The van der Waals surface area contributed by atoms with Gasteiger partial charge in [0.05, 0.1) is 25.4 Å². The Labute approximate surface area is 494 Å². The Morgan fingerprint density at radius 3 is 0.925 bits per heavy atom. The van der Waals surface area contributed by atoms with Gasteiger partial charge in [-0.2, -0.15) is 0 Å². The van der Waals surface area contributed by atoms with E-state index >= 15 is 0 Å². The highest BCUT2D eigenvalue weighted by molar-refractivity contribution is 5.80. The van der Waals surface area contributed by atoms with Crippen molar-refractivity contribution >= 4 is 5.91 Å². The normalized spacial score (nSPS) is 19.1. The number of aliphatic hydroxyl groups excluding tert-OH is 7. The first-order valence-corrected chi connectivity index (χ1v) is 35.4. The van der Waals surface area contributed by atoms with Crippen LogP contribution >= 0.6 is 0 Å². The van der Waals surface area contributed by atoms with E-state index in [1.807, 2.05) is 0 Å². The van der Waals surface area contributed by atoms with Crippen LogP contribution in [0.25, 0.3) is 0 Å². The van der Waals surface area contributed by atoms with E-state index in [9.17, 15) is 40.5 Å². The molecule has 1 rings (SSSR count). The number of nitrogens with one attached hydrogen (secondary N) is 1. The predicted molar refractivity (Wildman–Crippen MR) is 335 cm³/mol. The molecular formula is C69H137NO10. The number of unbranched alkanes of at least 4 members (excludes halogenated alkanes) is 51. The summed E-state index contributed by atoms with van der Waals surface area (Å²) in [7, 11) is 0. The van der Waals surface area contributed by atoms with Crippen molar-refractivity contribution in [2.45, 2.75) is 422 Å². The molecule has 8 N–H and O–H groups in total. The molecule has 0 aromatic rings. The van der Waals surface area contributed by atoms with E-state index in [4.69, 9.17) is 9.47 Å². The molecule has 11 heteroatoms. The fraction of sp³-hybridized carbons (Fsp3) is 0.986. The fourth-order valence-electron chi connectivity index (χ4n) is 12.0. The van der Waals surface area contributed by atoms with Crippen molar-refractivity contribution in [3.05, 3.63) is 0 Å². The minimum Gasteiger partial charge on any atom is -0.394 e. The third-order valence-corrected chi connectivity index (χ3v) is 17.7. The molecule has 1 fully saturated rings. The Kier molecular flexibility index (Phi) is 56.4. The number of hydrogen-bond acceptors (Lipinski definition) is 10. The van der Waals surface area contributed by atoms with Crippen LogP contribution in [-0.2, 0) is 14.3 Å². The second-order valence-electron chi connectivity index (χ2n) is 25.3. The Morgan fingerprint density at radius 1 is 0.388 bits per heavy atom. The van der Waals surface area contributed by atoms with Crippen molar-refractivity contribution in [1.29, 1.82) is 0 Å². The standard InChI is InChI=1S/C69H137NO10/c1-3-5-7-9-11-13-15-17-19-21-23-25-27-28-29-30-31-32-33-35-36-38-40-42-44-46-48-50-52-54-56-61(72)64(74)60(59-79-69-67(77)66(76)65(75)63(58-71)80-69)70-68(78)62(73)57-55-53-51-49-47-45-43-41-39-37-34-26-24-22-20-18-16-14-12-10-8-6-4-2/h60-67,69,71-77H,3-59H2,1-2H3,(H,70,78). The van der Waals surface area contributed by atoms with E-state index in [1.54, 1.807) is 0 Å². The zero-order valence-corrected chi connectivity index (χ0v) is 52.9. The Morgan fingerprint density at radius 2 is 0.650 bits per heavy atom. The second kappa shape index (κ2) is 58.5. The Balaban J connectivity index is 2.18. The minimum atomic E-state index is -1.66. The van der Waals surface area contributed by atoms with Crippen LogP contribution in [0.3, 0.4) is 0 Å². The highest BCUT2D eigenvalue weighted by atomic mass is 16.7. The van der Waals surface area contributed by atoms with Crippen LogP contribution in [0, 0.1) is 0 Å². The van der Waals surface area contributed by atoms with Gasteiger partial charge in [-0.05, 0) is 12.8 Å². The van der Waals surface area contributed by atoms with Crippen LogP contribution in [0.4, 0.5) is 0 Å². The number of carbonyl (C=O) groups is 1. The second-order valence-corrected chi connectivity index (χ2v) is 25.3. The predicted octanol–water partition coefficient (Wildman–Crippen LogP) is 16.9. The summed E-state index contributed by atoms with van der Waals surface area (Å²) in [6.07, 6.45) is 59.0. The molecule has 0 aromatic carbocycles. The summed E-state index contributed by atoms with van der Waals surface area (Å²) in [5, 5.41) is 76.6. The summed E-state index contributed by atoms with van der Waals surface area (Å²) in [6.45, 7) is 3.53. The van der Waals surface area contributed by atoms with E-state index in [0.29, 0.717) is 19.3 Å². The molecule has 0 saturated carbocycles. The summed E-state index contributed by atoms with van der Waals surface area (Å²) >= 11 is 0. The minimum absolute atomic E-state index is 0.267. The molecule has 1 aliphatic rings. The molecule has 0 bridgehead atoms. The number of ether oxygens (including phenoxy) is 2. The SMILES string of the molecule is CCCCCCCCCCCCCCCCCCCCCCCCCCCCCCCCC(O)C(O)C(COC1OC(CO)C(O)C(O)C1O)NC(=O)C(O)CCCCCCCCCCCCCCCCCCCCCCCCC. The molecule has 9 unspecified atom stereocenters. The average molecular weight is 1140 g/mol. The Bertz CT molecular complexity index is 1260. The van der Waals surface area contributed by atoms with Gasteiger partial charge >= 0.3 is 0 Å². The van der Waals surface area contributed by atoms with Crippen LogP contribution in [0.5, 0.6) is 0 Å². The van der Waals surface area contributed by atoms with Gasteiger partial charge in [-0.15, -0.1) is 0 Å². The number of amides is 1. The van der Waals surface area contributed by atoms with Gasteiger partial charge in [-0.3, -0.25) is 4.79 Å². The van der Waals surface area contributed by atoms with Crippen molar-refractivity contribution in [2.24, 2.45) is 0 Å². The number of rotatable bonds is 63. The molecule has 1 aliphatic heterocycles. The van der Waals surface area contributed by atoms with Crippen LogP contribution < -0.4 is 5.32 Å². The Hall–Kier alpha value is -0.890. The molecule has 1 amide bonds. The molecule has 9 atom stereocenters. The topological polar surface area (TPSA) is 189 Å². The molecule has 0 aromatic heterocycles. The van der Waals surface area contributed by atoms with Crippen molar-refractivity contribution in [3.63, 3.8) is 0 Å². The maximum Gasteiger partial charge on any atom is 0.249 e. The zero-order chi connectivity index (χ0) is 58.2. The first-order chi connectivity index (χ1) is 39.2. The highest BCUT2D eigenvalue weighted by Crippen LogP contribution is 2.24. The van der Waals surface area contributed by atoms with Gasteiger partial charge in [0.25, 0.3) is 0 Å². The zero-order valence-electron chi connectivity index (χ0n) is 52.9. The van der Waals surface area contributed by atoms with Gasteiger partial charge < -0.3 is 50.5 Å². The van der Waals surface area contributed by atoms with E-state index in [0.717, 1.165) is 38.5 Å². The quantitative estimate of drug-likeness (QED) is 0.0272. The van der Waals surface area contributed by atoms with Crippen molar-refractivity contribution in [2.75, 3.05) is 13.2 Å². The van der Waals surface area contributed by atoms with Crippen molar-refractivity contribution in [3.8, 4) is 0 Å². The summed E-state index contributed by atoms with van der Waals surface area (Å²) in [6, 6.07) is -1.16. The van der Waals surface area contributed by atoms with Gasteiger partial charge in [0.2, 0.25) is 5.91 Å². The highest BCUT2D eigenvalue weighted by Gasteiger charge is 2.44. The van der Waals surface area contributed by atoms with Gasteiger partial charge in [0.1, 0.15) is 36.6 Å². The molecule has 1 heterocycles. The molecule has 80 heavy (non-hydrogen) atoms. The lowest BCUT2D eigenvalue weighted by molar-refractivity contribution is -0.303. The number of hydrogen-bond donors (Lipinski definition) is 8. The van der Waals surface area contributed by atoms with Crippen molar-refractivity contribution < 1.29 is 50.0 Å². The lowest BCUT2D eigenvalue weighted by Gasteiger charge is -2.40. The van der Waals surface area contributed by atoms with E-state index in [-0.39, 0.29) is 6.42 Å². The van der Waals surface area contributed by atoms with Gasteiger partial charge in [-0.25, -0.2) is 0 Å². The van der Waals surface area contributed by atoms with E-state index in [1.165, 1.54) is 289 Å². The van der Waals surface area contributed by atoms with Crippen molar-refractivity contribution in [1.82, 2.24) is 5.32 Å². The van der Waals surface area contributed by atoms with Crippen LogP contribution in [0.15, 0.2) is 0 Å². The van der Waals surface area contributed by atoms with Gasteiger partial charge in [0, 0.05) is 0 Å². The summed E-state index contributed by atoms with van der Waals surface area (Å²) in [5.41, 5.74) is 0. The van der Waals surface area contributed by atoms with Gasteiger partial charge in [0.15, 0.2) is 6.29 Å². The molecule has 478 valence electrons. The first-order valence-electron chi connectivity index (χ1n) is 35.4. The third kappa shape index (κ3) is 45.5. The number of aliphatic hydroxyl groups is 7. The van der Waals surface area contributed by atoms with Crippen LogP contribution in [-0.4, -0.2) is 110 Å². The molecule has 1 saturated heterocycles. The fourth-order valence-corrected chi connectivity index (χ4v) is 12.0. The van der Waals surface area contributed by atoms with E-state index in [2.05, 4.69) is 19.2 Å². The maximum atomic E-state index is 13.2. The molecular weight excluding hydrogens is 1000 g/mol. The maximum absolute atomic E-state index is 13.2.